The SMILES string of the molecule is CNCc1ccc(C)c(S(=O)(=O)Nc2cccc(Cl)c2)c1. The summed E-state index contributed by atoms with van der Waals surface area (Å²) in [7, 11) is -1.82. The second-order valence-corrected chi connectivity index (χ2v) is 6.83. The van der Waals surface area contributed by atoms with Crippen LogP contribution in [0.15, 0.2) is 47.4 Å². The van der Waals surface area contributed by atoms with Crippen LogP contribution in [0.1, 0.15) is 11.1 Å². The molecule has 0 aliphatic carbocycles. The van der Waals surface area contributed by atoms with Crippen LogP contribution in [0.3, 0.4) is 0 Å². The number of nitrogens with one attached hydrogen (secondary N) is 2. The molecule has 2 aromatic rings. The van der Waals surface area contributed by atoms with Gasteiger partial charge in [0.05, 0.1) is 10.6 Å². The third-order valence-electron chi connectivity index (χ3n) is 3.00. The standard InChI is InChI=1S/C15H17ClN2O2S/c1-11-6-7-12(10-17-2)8-15(11)21(19,20)18-14-5-3-4-13(16)9-14/h3-9,17-18H,10H2,1-2H3. The summed E-state index contributed by atoms with van der Waals surface area (Å²) >= 11 is 5.87. The van der Waals surface area contributed by atoms with E-state index in [1.165, 1.54) is 0 Å². The zero-order valence-electron chi connectivity index (χ0n) is 11.9. The Morgan fingerprint density at radius 1 is 1.14 bits per heavy atom. The van der Waals surface area contributed by atoms with Gasteiger partial charge in [0.15, 0.2) is 0 Å². The summed E-state index contributed by atoms with van der Waals surface area (Å²) < 4.78 is 27.6. The first-order valence-electron chi connectivity index (χ1n) is 6.45. The van der Waals surface area contributed by atoms with Crippen molar-refractivity contribution in [3.8, 4) is 0 Å². The molecule has 0 spiro atoms. The molecular weight excluding hydrogens is 308 g/mol. The average Bonchev–Trinajstić information content (AvgIpc) is 2.40. The highest BCUT2D eigenvalue weighted by Gasteiger charge is 2.17. The van der Waals surface area contributed by atoms with E-state index in [9.17, 15) is 8.42 Å². The van der Waals surface area contributed by atoms with Gasteiger partial charge in [0.1, 0.15) is 0 Å². The molecule has 6 heteroatoms. The van der Waals surface area contributed by atoms with E-state index in [-0.39, 0.29) is 4.90 Å². The van der Waals surface area contributed by atoms with Gasteiger partial charge >= 0.3 is 0 Å². The Hall–Kier alpha value is -1.56. The Morgan fingerprint density at radius 2 is 1.90 bits per heavy atom. The molecule has 2 rings (SSSR count). The third kappa shape index (κ3) is 3.97. The Bertz CT molecular complexity index is 745. The maximum Gasteiger partial charge on any atom is 0.262 e. The molecule has 2 N–H and O–H groups in total. The number of rotatable bonds is 5. The lowest BCUT2D eigenvalue weighted by molar-refractivity contribution is 0.600. The van der Waals surface area contributed by atoms with Crippen LogP contribution < -0.4 is 10.0 Å². The topological polar surface area (TPSA) is 58.2 Å². The van der Waals surface area contributed by atoms with Crippen molar-refractivity contribution in [3.63, 3.8) is 0 Å². The van der Waals surface area contributed by atoms with Crippen LogP contribution in [-0.2, 0) is 16.6 Å². The van der Waals surface area contributed by atoms with Crippen LogP contribution in [0.4, 0.5) is 5.69 Å². The quantitative estimate of drug-likeness (QED) is 0.888. The zero-order valence-corrected chi connectivity index (χ0v) is 13.4. The van der Waals surface area contributed by atoms with Gasteiger partial charge in [0.2, 0.25) is 0 Å². The molecule has 0 fully saturated rings. The molecule has 0 heterocycles. The van der Waals surface area contributed by atoms with E-state index in [2.05, 4.69) is 10.0 Å². The molecule has 0 saturated heterocycles. The summed E-state index contributed by atoms with van der Waals surface area (Å²) in [6.07, 6.45) is 0. The fraction of sp³-hybridized carbons (Fsp3) is 0.200. The van der Waals surface area contributed by atoms with Gasteiger partial charge in [-0.05, 0) is 49.4 Å². The molecule has 4 nitrogen and oxygen atoms in total. The number of aryl methyl sites for hydroxylation is 1. The number of halogens is 1. The van der Waals surface area contributed by atoms with E-state index >= 15 is 0 Å². The predicted octanol–water partition coefficient (Wildman–Crippen LogP) is 3.17. The van der Waals surface area contributed by atoms with Crippen LogP contribution in [0.5, 0.6) is 0 Å². The van der Waals surface area contributed by atoms with E-state index < -0.39 is 10.0 Å². The molecule has 0 aliphatic rings. The highest BCUT2D eigenvalue weighted by Crippen LogP contribution is 2.22. The van der Waals surface area contributed by atoms with E-state index in [0.717, 1.165) is 5.56 Å². The van der Waals surface area contributed by atoms with E-state index in [1.807, 2.05) is 13.1 Å². The minimum absolute atomic E-state index is 0.273. The van der Waals surface area contributed by atoms with Crippen molar-refractivity contribution in [3.05, 3.63) is 58.6 Å². The van der Waals surface area contributed by atoms with Gasteiger partial charge < -0.3 is 5.32 Å². The highest BCUT2D eigenvalue weighted by molar-refractivity contribution is 7.92. The zero-order chi connectivity index (χ0) is 15.5. The summed E-state index contributed by atoms with van der Waals surface area (Å²) in [6.45, 7) is 2.38. The van der Waals surface area contributed by atoms with Crippen LogP contribution in [0, 0.1) is 6.92 Å². The highest BCUT2D eigenvalue weighted by atomic mass is 35.5. The van der Waals surface area contributed by atoms with Crippen molar-refractivity contribution < 1.29 is 8.42 Å². The third-order valence-corrected chi connectivity index (χ3v) is 4.76. The van der Waals surface area contributed by atoms with Gasteiger partial charge in [-0.25, -0.2) is 8.42 Å². The number of sulfonamides is 1. The Balaban J connectivity index is 2.37. The van der Waals surface area contributed by atoms with Crippen molar-refractivity contribution in [1.29, 1.82) is 0 Å². The number of anilines is 1. The first kappa shape index (κ1) is 15.8. The molecule has 0 aliphatic heterocycles. The smallest absolute Gasteiger partial charge is 0.262 e. The lowest BCUT2D eigenvalue weighted by Gasteiger charge is -2.12. The molecular formula is C15H17ClN2O2S. The minimum Gasteiger partial charge on any atom is -0.316 e. The van der Waals surface area contributed by atoms with Crippen molar-refractivity contribution in [2.45, 2.75) is 18.4 Å². The minimum atomic E-state index is -3.64. The van der Waals surface area contributed by atoms with Crippen LogP contribution in [0.25, 0.3) is 0 Å². The lowest BCUT2D eigenvalue weighted by atomic mass is 10.1. The number of benzene rings is 2. The van der Waals surface area contributed by atoms with Gasteiger partial charge in [-0.15, -0.1) is 0 Å². The molecule has 21 heavy (non-hydrogen) atoms. The fourth-order valence-electron chi connectivity index (χ4n) is 2.01. The first-order chi connectivity index (χ1) is 9.92. The fourth-order valence-corrected chi connectivity index (χ4v) is 3.55. The normalized spacial score (nSPS) is 11.4. The summed E-state index contributed by atoms with van der Waals surface area (Å²) in [5.74, 6) is 0. The summed E-state index contributed by atoms with van der Waals surface area (Å²) in [5.41, 5.74) is 2.06. The molecule has 0 amide bonds. The van der Waals surface area contributed by atoms with Crippen molar-refractivity contribution in [2.75, 3.05) is 11.8 Å². The molecule has 0 bridgehead atoms. The molecule has 112 valence electrons. The van der Waals surface area contributed by atoms with Crippen molar-refractivity contribution >= 4 is 27.3 Å². The molecule has 0 atom stereocenters. The van der Waals surface area contributed by atoms with Crippen LogP contribution >= 0.6 is 11.6 Å². The summed E-state index contributed by atoms with van der Waals surface area (Å²) in [6, 6.07) is 12.0. The number of hydrogen-bond acceptors (Lipinski definition) is 3. The van der Waals surface area contributed by atoms with Gasteiger partial charge in [0.25, 0.3) is 10.0 Å². The Kier molecular flexibility index (Phi) is 4.88. The summed E-state index contributed by atoms with van der Waals surface area (Å²) in [5, 5.41) is 3.49. The molecule has 0 saturated carbocycles. The van der Waals surface area contributed by atoms with E-state index in [4.69, 9.17) is 11.6 Å². The second-order valence-electron chi connectivity index (χ2n) is 4.75. The van der Waals surface area contributed by atoms with E-state index in [1.54, 1.807) is 43.3 Å². The molecule has 0 radical (unpaired) electrons. The molecule has 2 aromatic carbocycles. The Labute approximate surface area is 130 Å². The maximum atomic E-state index is 12.5. The second kappa shape index (κ2) is 6.47. The van der Waals surface area contributed by atoms with Crippen molar-refractivity contribution in [2.24, 2.45) is 0 Å². The average molecular weight is 325 g/mol. The first-order valence-corrected chi connectivity index (χ1v) is 8.31. The van der Waals surface area contributed by atoms with Gasteiger partial charge in [0, 0.05) is 11.6 Å². The lowest BCUT2D eigenvalue weighted by Crippen LogP contribution is -2.15. The maximum absolute atomic E-state index is 12.5. The van der Waals surface area contributed by atoms with Crippen LogP contribution in [-0.4, -0.2) is 15.5 Å². The predicted molar refractivity (Wildman–Crippen MR) is 86.2 cm³/mol. The molecule has 0 unspecified atom stereocenters. The largest absolute Gasteiger partial charge is 0.316 e. The number of hydrogen-bond donors (Lipinski definition) is 2. The van der Waals surface area contributed by atoms with E-state index in [0.29, 0.717) is 22.8 Å². The Morgan fingerprint density at radius 3 is 2.57 bits per heavy atom. The van der Waals surface area contributed by atoms with Crippen molar-refractivity contribution in [1.82, 2.24) is 5.32 Å². The summed E-state index contributed by atoms with van der Waals surface area (Å²) in [4.78, 5) is 0.273. The van der Waals surface area contributed by atoms with Gasteiger partial charge in [-0.1, -0.05) is 29.8 Å². The van der Waals surface area contributed by atoms with Gasteiger partial charge in [-0.2, -0.15) is 0 Å². The van der Waals surface area contributed by atoms with Crippen LogP contribution in [0.2, 0.25) is 5.02 Å². The monoisotopic (exact) mass is 324 g/mol. The molecule has 0 aromatic heterocycles. The van der Waals surface area contributed by atoms with Gasteiger partial charge in [-0.3, -0.25) is 4.72 Å².